The predicted molar refractivity (Wildman–Crippen MR) is 212 cm³/mol. The first-order chi connectivity index (χ1) is 27.0. The first kappa shape index (κ1) is 42.6. The molecule has 0 aromatic heterocycles. The zero-order valence-corrected chi connectivity index (χ0v) is 33.0. The molecule has 1 saturated carbocycles. The van der Waals surface area contributed by atoms with E-state index in [-0.39, 0.29) is 70.4 Å². The average Bonchev–Trinajstić information content (AvgIpc) is 3.21. The van der Waals surface area contributed by atoms with Gasteiger partial charge in [0.1, 0.15) is 24.7 Å². The Labute approximate surface area is 329 Å². The van der Waals surface area contributed by atoms with Crippen molar-refractivity contribution in [2.24, 2.45) is 22.9 Å². The van der Waals surface area contributed by atoms with E-state index in [9.17, 15) is 20.1 Å². The van der Waals surface area contributed by atoms with Crippen LogP contribution in [0.4, 0.5) is 4.79 Å². The maximum Gasteiger partial charge on any atom is 0.410 e. The third-order valence-corrected chi connectivity index (χ3v) is 11.7. The van der Waals surface area contributed by atoms with Crippen molar-refractivity contribution < 1.29 is 48.6 Å². The van der Waals surface area contributed by atoms with Gasteiger partial charge in [0.25, 0.3) is 0 Å². The number of thioether (sulfide) groups is 1. The normalized spacial score (nSPS) is 24.6. The number of oxime groups is 1. The Morgan fingerprint density at radius 1 is 1.02 bits per heavy atom. The SMILES string of the molecule is C=CCO[C@@]12Oc3ccc(OCCSc4ccccc4)cc3[C@H]3[C@H](CCCCO)[C@@H](CCCCO)C=C(C(=NOC)C[C@@H]1N(CCOCCO)C(=O)OC)[C@H]32. The van der Waals surface area contributed by atoms with Crippen molar-refractivity contribution in [1.29, 1.82) is 0 Å². The molecule has 302 valence electrons. The summed E-state index contributed by atoms with van der Waals surface area (Å²) >= 11 is 1.74. The standard InChI is InChI=1S/C42H58N2O10S/c1-4-22-53-42-38(44(41(48)49-2)18-23-51-24-21-47)29-36(43-50-3)34-27-30(12-8-10-19-45)33(15-9-11-20-46)39(40(34)42)35-28-31(16-17-37(35)54-42)52-25-26-55-32-13-6-5-7-14-32/h4-7,13-14,16-17,27-28,30,33,38-40,45-47H,1,8-12,15,18-26,29H2,2-3H3/t30-,33+,38-,39+,40+,42+/m0/s1. The number of hydrogen-bond donors (Lipinski definition) is 3. The fourth-order valence-electron chi connectivity index (χ4n) is 8.51. The third kappa shape index (κ3) is 10.2. The number of hydrogen-bond acceptors (Lipinski definition) is 12. The second kappa shape index (κ2) is 21.6. The van der Waals surface area contributed by atoms with E-state index in [1.165, 1.54) is 19.1 Å². The van der Waals surface area contributed by atoms with Crippen LogP contribution in [-0.2, 0) is 19.0 Å². The second-order valence-electron chi connectivity index (χ2n) is 14.0. The summed E-state index contributed by atoms with van der Waals surface area (Å²) in [7, 11) is 2.86. The molecule has 0 bridgehead atoms. The van der Waals surface area contributed by atoms with Gasteiger partial charge in [0.2, 0.25) is 5.79 Å². The van der Waals surface area contributed by atoms with Crippen molar-refractivity contribution in [3.05, 3.63) is 78.4 Å². The Hall–Kier alpha value is -3.59. The summed E-state index contributed by atoms with van der Waals surface area (Å²) in [6, 6.07) is 15.5. The average molecular weight is 783 g/mol. The lowest BCUT2D eigenvalue weighted by atomic mass is 9.55. The molecule has 3 N–H and O–H groups in total. The van der Waals surface area contributed by atoms with Crippen LogP contribution in [-0.4, -0.2) is 117 Å². The molecule has 0 unspecified atom stereocenters. The highest BCUT2D eigenvalue weighted by molar-refractivity contribution is 7.99. The van der Waals surface area contributed by atoms with E-state index < -0.39 is 23.8 Å². The number of fused-ring (bicyclic) bond motifs is 2. The molecule has 6 atom stereocenters. The van der Waals surface area contributed by atoms with E-state index in [4.69, 9.17) is 28.5 Å². The lowest BCUT2D eigenvalue weighted by Gasteiger charge is -2.59. The van der Waals surface area contributed by atoms with Gasteiger partial charge in [-0.3, -0.25) is 4.90 Å². The molecule has 1 fully saturated rings. The van der Waals surface area contributed by atoms with Gasteiger partial charge in [0.15, 0.2) is 0 Å². The van der Waals surface area contributed by atoms with Crippen molar-refractivity contribution in [2.75, 3.05) is 72.8 Å². The Bertz CT molecular complexity index is 1570. The second-order valence-corrected chi connectivity index (χ2v) is 15.1. The molecule has 1 amide bonds. The van der Waals surface area contributed by atoms with Gasteiger partial charge in [-0.1, -0.05) is 48.3 Å². The van der Waals surface area contributed by atoms with Gasteiger partial charge in [0, 0.05) is 48.3 Å². The summed E-state index contributed by atoms with van der Waals surface area (Å²) in [5.74, 6) is 0.299. The summed E-state index contributed by atoms with van der Waals surface area (Å²) in [5, 5.41) is 33.6. The van der Waals surface area contributed by atoms with E-state index >= 15 is 0 Å². The van der Waals surface area contributed by atoms with Crippen LogP contribution >= 0.6 is 11.8 Å². The van der Waals surface area contributed by atoms with Crippen LogP contribution in [0.5, 0.6) is 11.5 Å². The van der Waals surface area contributed by atoms with Crippen LogP contribution < -0.4 is 9.47 Å². The highest BCUT2D eigenvalue weighted by atomic mass is 32.2. The van der Waals surface area contributed by atoms with Crippen molar-refractivity contribution >= 4 is 23.6 Å². The number of benzene rings is 2. The van der Waals surface area contributed by atoms with Crippen molar-refractivity contribution in [1.82, 2.24) is 4.90 Å². The number of aliphatic hydroxyl groups is 3. The fraction of sp³-hybridized carbons (Fsp3) is 0.571. The van der Waals surface area contributed by atoms with Gasteiger partial charge in [0.05, 0.1) is 51.8 Å². The summed E-state index contributed by atoms with van der Waals surface area (Å²) in [6.45, 7) is 5.10. The molecule has 3 aliphatic rings. The molecular weight excluding hydrogens is 725 g/mol. The van der Waals surface area contributed by atoms with E-state index in [1.54, 1.807) is 22.7 Å². The Morgan fingerprint density at radius 3 is 2.51 bits per heavy atom. The maximum atomic E-state index is 13.7. The molecule has 12 nitrogen and oxygen atoms in total. The number of amides is 1. The largest absolute Gasteiger partial charge is 0.493 e. The smallest absolute Gasteiger partial charge is 0.410 e. The minimum absolute atomic E-state index is 0.0826. The van der Waals surface area contributed by atoms with Gasteiger partial charge in [-0.25, -0.2) is 4.79 Å². The minimum atomic E-state index is -1.41. The van der Waals surface area contributed by atoms with E-state index in [0.29, 0.717) is 30.9 Å². The van der Waals surface area contributed by atoms with E-state index in [2.05, 4.69) is 36.0 Å². The van der Waals surface area contributed by atoms with Crippen molar-refractivity contribution in [3.8, 4) is 11.5 Å². The molecule has 2 aromatic carbocycles. The summed E-state index contributed by atoms with van der Waals surface area (Å²) in [6.07, 6.45) is 8.31. The first-order valence-electron chi connectivity index (χ1n) is 19.4. The molecule has 0 spiro atoms. The molecule has 1 heterocycles. The van der Waals surface area contributed by atoms with E-state index in [1.807, 2.05) is 30.3 Å². The van der Waals surface area contributed by atoms with Crippen LogP contribution in [0.2, 0.25) is 0 Å². The Kier molecular flexibility index (Phi) is 16.7. The number of carbonyl (C=O) groups is 1. The van der Waals surface area contributed by atoms with Crippen LogP contribution in [0.25, 0.3) is 0 Å². The molecule has 13 heteroatoms. The van der Waals surface area contributed by atoms with Crippen LogP contribution in [0.3, 0.4) is 0 Å². The van der Waals surface area contributed by atoms with Crippen LogP contribution in [0.1, 0.15) is 56.4 Å². The van der Waals surface area contributed by atoms with Gasteiger partial charge >= 0.3 is 6.09 Å². The fourth-order valence-corrected chi connectivity index (χ4v) is 9.26. The highest BCUT2D eigenvalue weighted by Gasteiger charge is 2.65. The molecule has 55 heavy (non-hydrogen) atoms. The van der Waals surface area contributed by atoms with Crippen LogP contribution in [0, 0.1) is 17.8 Å². The van der Waals surface area contributed by atoms with Gasteiger partial charge < -0.3 is 43.8 Å². The molecule has 5 rings (SSSR count). The lowest BCUT2D eigenvalue weighted by Crippen LogP contribution is -2.70. The zero-order valence-electron chi connectivity index (χ0n) is 32.2. The van der Waals surface area contributed by atoms with Gasteiger partial charge in [-0.2, -0.15) is 0 Å². The number of allylic oxidation sites excluding steroid dienone is 1. The zero-order chi connectivity index (χ0) is 39.0. The Balaban J connectivity index is 1.65. The topological polar surface area (TPSA) is 149 Å². The summed E-state index contributed by atoms with van der Waals surface area (Å²) in [5.41, 5.74) is 2.61. The van der Waals surface area contributed by atoms with Crippen LogP contribution in [0.15, 0.2) is 82.9 Å². The number of ether oxygens (including phenoxy) is 5. The Morgan fingerprint density at radius 2 is 1.80 bits per heavy atom. The minimum Gasteiger partial charge on any atom is -0.493 e. The first-order valence-corrected chi connectivity index (χ1v) is 20.4. The van der Waals surface area contributed by atoms with Gasteiger partial charge in [-0.15, -0.1) is 18.3 Å². The number of methoxy groups -OCH3 is 1. The van der Waals surface area contributed by atoms with Crippen molar-refractivity contribution in [3.63, 3.8) is 0 Å². The monoisotopic (exact) mass is 782 g/mol. The number of nitrogens with zero attached hydrogens (tertiary/aromatic N) is 2. The molecule has 2 aromatic rings. The number of rotatable bonds is 23. The molecule has 0 saturated heterocycles. The predicted octanol–water partition coefficient (Wildman–Crippen LogP) is 6.20. The number of aliphatic hydroxyl groups excluding tert-OH is 3. The summed E-state index contributed by atoms with van der Waals surface area (Å²) < 4.78 is 31.5. The molecule has 1 aliphatic heterocycles. The maximum absolute atomic E-state index is 13.7. The molecular formula is C42H58N2O10S. The highest BCUT2D eigenvalue weighted by Crippen LogP contribution is 2.62. The third-order valence-electron chi connectivity index (χ3n) is 10.7. The lowest BCUT2D eigenvalue weighted by molar-refractivity contribution is -0.255. The molecule has 2 aliphatic carbocycles. The van der Waals surface area contributed by atoms with E-state index in [0.717, 1.165) is 48.3 Å². The summed E-state index contributed by atoms with van der Waals surface area (Å²) in [4.78, 5) is 22.0. The number of unbranched alkanes of at least 4 members (excludes halogenated alkanes) is 2. The molecule has 0 radical (unpaired) electrons. The van der Waals surface area contributed by atoms with Crippen molar-refractivity contribution in [2.45, 2.75) is 67.6 Å². The van der Waals surface area contributed by atoms with Gasteiger partial charge in [-0.05, 0) is 73.4 Å². The quantitative estimate of drug-likeness (QED) is 0.0513. The number of carbonyl (C=O) groups excluding carboxylic acids is 1.